The van der Waals surface area contributed by atoms with E-state index in [0.29, 0.717) is 13.1 Å². The average molecular weight is 568 g/mol. The summed E-state index contributed by atoms with van der Waals surface area (Å²) in [6.07, 6.45) is 11.9. The summed E-state index contributed by atoms with van der Waals surface area (Å²) < 4.78 is 2.24. The third kappa shape index (κ3) is 6.03. The lowest BCUT2D eigenvalue weighted by molar-refractivity contribution is 0.158. The minimum Gasteiger partial charge on any atom is -0.391 e. The van der Waals surface area contributed by atoms with E-state index < -0.39 is 0 Å². The monoisotopic (exact) mass is 567 g/mol. The lowest BCUT2D eigenvalue weighted by Crippen LogP contribution is -2.48. The van der Waals surface area contributed by atoms with Crippen LogP contribution in [0.4, 0.5) is 11.4 Å². The first-order valence-corrected chi connectivity index (χ1v) is 15.1. The molecule has 2 aliphatic rings. The van der Waals surface area contributed by atoms with Crippen LogP contribution < -0.4 is 15.2 Å². The van der Waals surface area contributed by atoms with Crippen LogP contribution in [0.25, 0.3) is 10.9 Å². The molecule has 1 N–H and O–H groups in total. The normalized spacial score (nSPS) is 19.4. The van der Waals surface area contributed by atoms with Crippen molar-refractivity contribution in [2.75, 3.05) is 36.0 Å². The van der Waals surface area contributed by atoms with E-state index >= 15 is 0 Å². The van der Waals surface area contributed by atoms with Gasteiger partial charge in [-0.25, -0.2) is 9.97 Å². The number of pyridine rings is 2. The Labute approximate surface area is 247 Å². The van der Waals surface area contributed by atoms with E-state index in [4.69, 9.17) is 0 Å². The number of benzene rings is 1. The Hall–Kier alpha value is -3.82. The van der Waals surface area contributed by atoms with Gasteiger partial charge in [-0.1, -0.05) is 0 Å². The van der Waals surface area contributed by atoms with Crippen molar-refractivity contribution in [1.29, 1.82) is 0 Å². The first kappa shape index (κ1) is 28.3. The summed E-state index contributed by atoms with van der Waals surface area (Å²) in [6, 6.07) is 10.8. The zero-order chi connectivity index (χ0) is 29.2. The molecule has 42 heavy (non-hydrogen) atoms. The molecule has 9 heteroatoms. The van der Waals surface area contributed by atoms with E-state index in [0.717, 1.165) is 79.0 Å². The maximum absolute atomic E-state index is 14.1. The Morgan fingerprint density at radius 2 is 1.81 bits per heavy atom. The summed E-state index contributed by atoms with van der Waals surface area (Å²) in [5.74, 6) is 0. The van der Waals surface area contributed by atoms with E-state index in [1.807, 2.05) is 37.6 Å². The number of hydrogen-bond donors (Lipinski definition) is 1. The Morgan fingerprint density at radius 3 is 2.55 bits per heavy atom. The minimum atomic E-state index is -0.296. The van der Waals surface area contributed by atoms with Gasteiger partial charge < -0.3 is 19.5 Å². The number of nitrogens with zero attached hydrogens (tertiary/aromatic N) is 7. The maximum atomic E-state index is 14.1. The molecular weight excluding hydrogens is 526 g/mol. The number of aliphatic hydroxyl groups excluding tert-OH is 1. The third-order valence-corrected chi connectivity index (χ3v) is 8.72. The first-order chi connectivity index (χ1) is 20.4. The highest BCUT2D eigenvalue weighted by Crippen LogP contribution is 2.28. The molecule has 2 atom stereocenters. The fraction of sp³-hybridized carbons (Fsp3) is 0.455. The fourth-order valence-corrected chi connectivity index (χ4v) is 6.52. The smallest absolute Gasteiger partial charge is 0.193 e. The number of aryl methyl sites for hydroxylation is 1. The van der Waals surface area contributed by atoms with Gasteiger partial charge in [0.2, 0.25) is 0 Å². The third-order valence-electron chi connectivity index (χ3n) is 8.72. The van der Waals surface area contributed by atoms with Crippen molar-refractivity contribution in [2.24, 2.45) is 0 Å². The molecule has 3 aromatic heterocycles. The van der Waals surface area contributed by atoms with Gasteiger partial charge in [0.25, 0.3) is 0 Å². The van der Waals surface area contributed by atoms with Crippen LogP contribution in [0.5, 0.6) is 0 Å². The number of hydrogen-bond acceptors (Lipinski definition) is 8. The number of aromatic nitrogens is 4. The number of fused-ring (bicyclic) bond motifs is 1. The van der Waals surface area contributed by atoms with Crippen molar-refractivity contribution >= 4 is 22.3 Å². The molecule has 2 saturated heterocycles. The van der Waals surface area contributed by atoms with E-state index in [1.165, 1.54) is 5.56 Å². The van der Waals surface area contributed by atoms with Gasteiger partial charge in [-0.05, 0) is 75.9 Å². The lowest BCUT2D eigenvalue weighted by Gasteiger charge is -2.40. The summed E-state index contributed by atoms with van der Waals surface area (Å²) in [5.41, 5.74) is 6.14. The molecule has 0 spiro atoms. The van der Waals surface area contributed by atoms with Crippen molar-refractivity contribution in [1.82, 2.24) is 24.4 Å². The molecule has 6 rings (SSSR count). The maximum Gasteiger partial charge on any atom is 0.193 e. The molecule has 4 aromatic rings. The van der Waals surface area contributed by atoms with Gasteiger partial charge in [-0.2, -0.15) is 0 Å². The van der Waals surface area contributed by atoms with Crippen molar-refractivity contribution in [3.05, 3.63) is 88.5 Å². The molecule has 0 radical (unpaired) electrons. The van der Waals surface area contributed by atoms with Crippen molar-refractivity contribution in [3.8, 4) is 0 Å². The van der Waals surface area contributed by atoms with Crippen LogP contribution in [0.15, 0.2) is 66.2 Å². The zero-order valence-electron chi connectivity index (χ0n) is 24.9. The Balaban J connectivity index is 1.36. The van der Waals surface area contributed by atoms with Gasteiger partial charge in [-0.3, -0.25) is 14.7 Å². The molecule has 220 valence electrons. The van der Waals surface area contributed by atoms with Crippen molar-refractivity contribution in [3.63, 3.8) is 0 Å². The molecule has 2 fully saturated rings. The number of rotatable bonds is 8. The van der Waals surface area contributed by atoms with Gasteiger partial charge in [0.1, 0.15) is 6.33 Å². The minimum absolute atomic E-state index is 0.0925. The highest BCUT2D eigenvalue weighted by molar-refractivity contribution is 5.83. The first-order valence-electron chi connectivity index (χ1n) is 15.1. The summed E-state index contributed by atoms with van der Waals surface area (Å²) in [7, 11) is 0. The van der Waals surface area contributed by atoms with Crippen molar-refractivity contribution in [2.45, 2.75) is 71.3 Å². The molecule has 0 unspecified atom stereocenters. The van der Waals surface area contributed by atoms with Gasteiger partial charge in [0.05, 0.1) is 29.7 Å². The lowest BCUT2D eigenvalue weighted by atomic mass is 10.0. The molecule has 2 aliphatic heterocycles. The van der Waals surface area contributed by atoms with Crippen LogP contribution in [-0.4, -0.2) is 67.9 Å². The number of β-amino-alcohol motifs (C(OH)–C–C–N with tert-alkyl or cyclic N) is 1. The number of anilines is 2. The number of aliphatic hydroxyl groups is 1. The second-order valence-corrected chi connectivity index (χ2v) is 12.1. The molecular formula is C33H41N7O2. The van der Waals surface area contributed by atoms with Gasteiger partial charge in [0, 0.05) is 86.1 Å². The van der Waals surface area contributed by atoms with E-state index in [1.54, 1.807) is 6.33 Å². The predicted octanol–water partition coefficient (Wildman–Crippen LogP) is 4.32. The molecule has 0 aliphatic carbocycles. The topological polar surface area (TPSA) is 90.6 Å². The fourth-order valence-electron chi connectivity index (χ4n) is 6.52. The van der Waals surface area contributed by atoms with E-state index in [9.17, 15) is 9.90 Å². The molecule has 0 saturated carbocycles. The summed E-state index contributed by atoms with van der Waals surface area (Å²) in [4.78, 5) is 34.0. The average Bonchev–Trinajstić information content (AvgIpc) is 3.44. The van der Waals surface area contributed by atoms with Gasteiger partial charge in [0.15, 0.2) is 5.43 Å². The van der Waals surface area contributed by atoms with Crippen LogP contribution in [0.1, 0.15) is 56.0 Å². The molecule has 5 heterocycles. The van der Waals surface area contributed by atoms with E-state index in [-0.39, 0.29) is 23.6 Å². The summed E-state index contributed by atoms with van der Waals surface area (Å²) in [5, 5.41) is 10.8. The van der Waals surface area contributed by atoms with Crippen LogP contribution in [0.2, 0.25) is 0 Å². The van der Waals surface area contributed by atoms with Crippen LogP contribution in [0, 0.1) is 6.92 Å². The largest absolute Gasteiger partial charge is 0.391 e. The second-order valence-electron chi connectivity index (χ2n) is 12.1. The standard InChI is InChI=1S/C33H41N7O2/c1-23(2)40-19-26(33(42)31-7-6-27(14-32(31)40)38-12-9-30(41)21-38)18-39(17-25-8-10-36-24(3)13-25)28-5-4-11-37(20-28)29-15-34-22-35-16-29/h6-8,10,13-16,19,22-23,28,30,41H,4-5,9,11-12,17-18,20-21H2,1-3H3/t28-,30+/m0/s1. The molecule has 0 amide bonds. The Kier molecular flexibility index (Phi) is 8.22. The van der Waals surface area contributed by atoms with Crippen LogP contribution >= 0.6 is 0 Å². The van der Waals surface area contributed by atoms with Gasteiger partial charge in [-0.15, -0.1) is 0 Å². The molecule has 9 nitrogen and oxygen atoms in total. The predicted molar refractivity (Wildman–Crippen MR) is 167 cm³/mol. The van der Waals surface area contributed by atoms with Crippen molar-refractivity contribution < 1.29 is 5.11 Å². The van der Waals surface area contributed by atoms with Crippen LogP contribution in [0.3, 0.4) is 0 Å². The number of piperidine rings is 1. The highest BCUT2D eigenvalue weighted by Gasteiger charge is 2.28. The van der Waals surface area contributed by atoms with Crippen LogP contribution in [-0.2, 0) is 13.1 Å². The quantitative estimate of drug-likeness (QED) is 0.337. The SMILES string of the molecule is Cc1cc(CN(Cc2cn(C(C)C)c3cc(N4CC[C@@H](O)C4)ccc3c2=O)[C@H]2CCCN(c3cncnc3)C2)ccn1. The Morgan fingerprint density at radius 1 is 1.00 bits per heavy atom. The van der Waals surface area contributed by atoms with E-state index in [2.05, 4.69) is 72.5 Å². The zero-order valence-corrected chi connectivity index (χ0v) is 24.9. The molecule has 0 bridgehead atoms. The highest BCUT2D eigenvalue weighted by atomic mass is 16.3. The second kappa shape index (κ2) is 12.2. The summed E-state index contributed by atoms with van der Waals surface area (Å²) >= 11 is 0. The molecule has 1 aromatic carbocycles. The summed E-state index contributed by atoms with van der Waals surface area (Å²) in [6.45, 7) is 10.9. The van der Waals surface area contributed by atoms with Gasteiger partial charge >= 0.3 is 0 Å². The Bertz CT molecular complexity index is 1590.